The molecule has 0 radical (unpaired) electrons. The Hall–Kier alpha value is -0.613. The Bertz CT molecular complexity index is 80.3. The first kappa shape index (κ1) is 11.2. The van der Waals surface area contributed by atoms with E-state index >= 15 is 0 Å². The maximum atomic E-state index is 9.25. The topological polar surface area (TPSA) is 46.5 Å². The quantitative estimate of drug-likeness (QED) is 0.426. The Kier molecular flexibility index (Phi) is 12.9. The molecule has 0 aliphatic rings. The molecule has 0 amide bonds. The first-order chi connectivity index (χ1) is 4.18. The zero-order chi connectivity index (χ0) is 7.70. The van der Waals surface area contributed by atoms with E-state index in [-0.39, 0.29) is 0 Å². The normalized spacial score (nSPS) is 7.22. The van der Waals surface area contributed by atoms with Crippen LogP contribution in [0.4, 0.5) is 0 Å². The SMILES string of the molecule is C=CC(=O)O.CCO[SiH3]. The average molecular weight is 148 g/mol. The first-order valence-corrected chi connectivity index (χ1v) is 3.35. The first-order valence-electron chi connectivity index (χ1n) is 2.53. The fourth-order valence-corrected chi connectivity index (χ4v) is 0. The van der Waals surface area contributed by atoms with E-state index in [2.05, 4.69) is 11.0 Å². The summed E-state index contributed by atoms with van der Waals surface area (Å²) in [5, 5.41) is 7.60. The van der Waals surface area contributed by atoms with E-state index in [1.807, 2.05) is 6.92 Å². The second-order valence-electron chi connectivity index (χ2n) is 1.12. The Labute approximate surface area is 57.9 Å². The highest BCUT2D eigenvalue weighted by molar-refractivity contribution is 5.97. The van der Waals surface area contributed by atoms with E-state index in [1.54, 1.807) is 0 Å². The molecular weight excluding hydrogens is 136 g/mol. The second-order valence-corrected chi connectivity index (χ2v) is 1.70. The zero-order valence-electron chi connectivity index (χ0n) is 5.76. The van der Waals surface area contributed by atoms with Crippen LogP contribution in [-0.2, 0) is 9.22 Å². The highest BCUT2D eigenvalue weighted by Crippen LogP contribution is 1.54. The minimum absolute atomic E-state index is 0.833. The van der Waals surface area contributed by atoms with Crippen molar-refractivity contribution in [1.82, 2.24) is 0 Å². The molecule has 0 bridgehead atoms. The van der Waals surface area contributed by atoms with Crippen molar-refractivity contribution in [2.75, 3.05) is 6.61 Å². The molecule has 9 heavy (non-hydrogen) atoms. The van der Waals surface area contributed by atoms with Crippen LogP contribution in [0.15, 0.2) is 12.7 Å². The van der Waals surface area contributed by atoms with Crippen LogP contribution < -0.4 is 0 Å². The molecule has 4 heteroatoms. The molecule has 0 atom stereocenters. The van der Waals surface area contributed by atoms with Crippen molar-refractivity contribution in [2.45, 2.75) is 6.92 Å². The van der Waals surface area contributed by atoms with Crippen LogP contribution in [-0.4, -0.2) is 28.2 Å². The van der Waals surface area contributed by atoms with Crippen molar-refractivity contribution in [3.8, 4) is 0 Å². The fraction of sp³-hybridized carbons (Fsp3) is 0.400. The van der Waals surface area contributed by atoms with Gasteiger partial charge in [0.05, 0.1) is 0 Å². The van der Waals surface area contributed by atoms with Crippen molar-refractivity contribution < 1.29 is 14.3 Å². The third-order valence-electron chi connectivity index (χ3n) is 0.463. The van der Waals surface area contributed by atoms with Crippen LogP contribution in [0.1, 0.15) is 6.92 Å². The van der Waals surface area contributed by atoms with Gasteiger partial charge in [0.2, 0.25) is 0 Å². The van der Waals surface area contributed by atoms with Crippen LogP contribution in [0.2, 0.25) is 0 Å². The van der Waals surface area contributed by atoms with Crippen LogP contribution in [0, 0.1) is 0 Å². The molecule has 0 saturated heterocycles. The van der Waals surface area contributed by atoms with E-state index in [9.17, 15) is 4.79 Å². The number of aliphatic carboxylic acids is 1. The van der Waals surface area contributed by atoms with Gasteiger partial charge in [-0.05, 0) is 6.92 Å². The van der Waals surface area contributed by atoms with Crippen molar-refractivity contribution in [3.05, 3.63) is 12.7 Å². The lowest BCUT2D eigenvalue weighted by Gasteiger charge is -1.77. The summed E-state index contributed by atoms with van der Waals surface area (Å²) in [6.45, 7) is 5.83. The van der Waals surface area contributed by atoms with E-state index in [0.29, 0.717) is 0 Å². The van der Waals surface area contributed by atoms with Crippen LogP contribution in [0.25, 0.3) is 0 Å². The summed E-state index contributed by atoms with van der Waals surface area (Å²) in [6, 6.07) is 0. The highest BCUT2D eigenvalue weighted by atomic mass is 28.2. The van der Waals surface area contributed by atoms with Crippen LogP contribution in [0.5, 0.6) is 0 Å². The average Bonchev–Trinajstić information content (AvgIpc) is 1.89. The van der Waals surface area contributed by atoms with Gasteiger partial charge >= 0.3 is 5.97 Å². The van der Waals surface area contributed by atoms with Gasteiger partial charge in [0.1, 0.15) is 10.5 Å². The summed E-state index contributed by atoms with van der Waals surface area (Å²) in [7, 11) is 0.890. The standard InChI is InChI=1S/C3H4O2.C2H8OSi/c1-2-3(4)5;1-2-3-4/h2H,1H2,(H,4,5);2H2,1,4H3. The predicted octanol–water partition coefficient (Wildman–Crippen LogP) is -0.440. The van der Waals surface area contributed by atoms with Gasteiger partial charge in [-0.1, -0.05) is 6.58 Å². The largest absolute Gasteiger partial charge is 0.478 e. The lowest BCUT2D eigenvalue weighted by Crippen LogP contribution is -1.82. The summed E-state index contributed by atoms with van der Waals surface area (Å²) in [5.41, 5.74) is 0. The smallest absolute Gasteiger partial charge is 0.327 e. The zero-order valence-corrected chi connectivity index (χ0v) is 7.76. The van der Waals surface area contributed by atoms with Gasteiger partial charge in [-0.25, -0.2) is 4.79 Å². The number of hydrogen-bond donors (Lipinski definition) is 1. The third kappa shape index (κ3) is 37.6. The van der Waals surface area contributed by atoms with Crippen molar-refractivity contribution in [1.29, 1.82) is 0 Å². The van der Waals surface area contributed by atoms with Gasteiger partial charge in [-0.2, -0.15) is 0 Å². The summed E-state index contributed by atoms with van der Waals surface area (Å²) in [6.07, 6.45) is 0.833. The summed E-state index contributed by atoms with van der Waals surface area (Å²) in [5.74, 6) is -0.981. The van der Waals surface area contributed by atoms with Crippen molar-refractivity contribution >= 4 is 16.5 Å². The number of carbonyl (C=O) groups is 1. The van der Waals surface area contributed by atoms with Crippen LogP contribution in [0.3, 0.4) is 0 Å². The van der Waals surface area contributed by atoms with Gasteiger partial charge < -0.3 is 9.53 Å². The lowest BCUT2D eigenvalue weighted by atomic mass is 10.7. The molecular formula is C5H12O3Si. The minimum atomic E-state index is -0.981. The maximum Gasteiger partial charge on any atom is 0.327 e. The Morgan fingerprint density at radius 1 is 2.00 bits per heavy atom. The van der Waals surface area contributed by atoms with E-state index in [1.165, 1.54) is 0 Å². The maximum absolute atomic E-state index is 9.25. The van der Waals surface area contributed by atoms with Crippen molar-refractivity contribution in [3.63, 3.8) is 0 Å². The monoisotopic (exact) mass is 148 g/mol. The number of carboxylic acid groups (broad SMARTS) is 1. The molecule has 0 spiro atoms. The summed E-state index contributed by atoms with van der Waals surface area (Å²) in [4.78, 5) is 9.25. The number of rotatable bonds is 2. The molecule has 0 aromatic heterocycles. The Balaban J connectivity index is 0. The van der Waals surface area contributed by atoms with E-state index < -0.39 is 5.97 Å². The molecule has 0 rings (SSSR count). The fourth-order valence-electron chi connectivity index (χ4n) is 0. The number of carboxylic acids is 1. The predicted molar refractivity (Wildman–Crippen MR) is 39.4 cm³/mol. The van der Waals surface area contributed by atoms with E-state index in [4.69, 9.17) is 5.11 Å². The summed E-state index contributed by atoms with van der Waals surface area (Å²) < 4.78 is 4.68. The second kappa shape index (κ2) is 10.4. The molecule has 54 valence electrons. The van der Waals surface area contributed by atoms with Gasteiger partial charge in [0.25, 0.3) is 0 Å². The van der Waals surface area contributed by atoms with Gasteiger partial charge in [0.15, 0.2) is 0 Å². The number of hydrogen-bond acceptors (Lipinski definition) is 2. The Morgan fingerprint density at radius 3 is 2.22 bits per heavy atom. The molecule has 3 nitrogen and oxygen atoms in total. The lowest BCUT2D eigenvalue weighted by molar-refractivity contribution is -0.131. The molecule has 0 aliphatic heterocycles. The molecule has 0 aliphatic carbocycles. The Morgan fingerprint density at radius 2 is 2.22 bits per heavy atom. The molecule has 0 saturated carbocycles. The van der Waals surface area contributed by atoms with E-state index in [0.717, 1.165) is 23.2 Å². The minimum Gasteiger partial charge on any atom is -0.478 e. The molecule has 1 N–H and O–H groups in total. The molecule has 0 aromatic carbocycles. The van der Waals surface area contributed by atoms with Crippen molar-refractivity contribution in [2.24, 2.45) is 0 Å². The highest BCUT2D eigenvalue weighted by Gasteiger charge is 1.73. The molecule has 0 aromatic rings. The third-order valence-corrected chi connectivity index (χ3v) is 1.04. The molecule has 0 unspecified atom stereocenters. The van der Waals surface area contributed by atoms with Crippen LogP contribution >= 0.6 is 0 Å². The molecule has 0 heterocycles. The van der Waals surface area contributed by atoms with Gasteiger partial charge in [0, 0.05) is 12.7 Å². The molecule has 0 fully saturated rings. The summed E-state index contributed by atoms with van der Waals surface area (Å²) >= 11 is 0. The van der Waals surface area contributed by atoms with Gasteiger partial charge in [-0.3, -0.25) is 0 Å². The van der Waals surface area contributed by atoms with Gasteiger partial charge in [-0.15, -0.1) is 0 Å².